The van der Waals surface area contributed by atoms with Crippen molar-refractivity contribution in [1.82, 2.24) is 0 Å². The molecule has 11 aromatic carbocycles. The van der Waals surface area contributed by atoms with Crippen molar-refractivity contribution in [3.63, 3.8) is 0 Å². The summed E-state index contributed by atoms with van der Waals surface area (Å²) in [6.07, 6.45) is 0. The number of fused-ring (bicyclic) bond motifs is 6. The summed E-state index contributed by atoms with van der Waals surface area (Å²) in [5.74, 6) is 0. The number of pyridine rings is 1. The van der Waals surface area contributed by atoms with Gasteiger partial charge in [0, 0.05) is 28.7 Å². The molecule has 0 fully saturated rings. The van der Waals surface area contributed by atoms with Gasteiger partial charge in [-0.05, 0) is 130 Å². The van der Waals surface area contributed by atoms with Crippen molar-refractivity contribution in [1.29, 1.82) is 0 Å². The lowest BCUT2D eigenvalue weighted by molar-refractivity contribution is -0.546. The van der Waals surface area contributed by atoms with Crippen molar-refractivity contribution in [2.24, 2.45) is 5.11 Å². The number of benzene rings is 11. The highest BCUT2D eigenvalue weighted by atomic mass is 15.2. The van der Waals surface area contributed by atoms with E-state index in [9.17, 15) is 0 Å². The normalized spacial score (nSPS) is 13.9. The molecule has 1 aliphatic carbocycles. The van der Waals surface area contributed by atoms with Crippen molar-refractivity contribution in [2.45, 2.75) is 11.5 Å². The first-order valence-corrected chi connectivity index (χ1v) is 25.9. The Labute approximate surface area is 437 Å². The Kier molecular flexibility index (Phi) is 10.8. The third-order valence-corrected chi connectivity index (χ3v) is 15.5. The van der Waals surface area contributed by atoms with Crippen LogP contribution in [0.5, 0.6) is 0 Å². The lowest BCUT2D eigenvalue weighted by atomic mass is 9.67. The van der Waals surface area contributed by atoms with Crippen LogP contribution in [0.25, 0.3) is 61.0 Å². The van der Waals surface area contributed by atoms with E-state index >= 15 is 0 Å². The highest BCUT2D eigenvalue weighted by Crippen LogP contribution is 2.57. The monoisotopic (exact) mass is 956 g/mol. The van der Waals surface area contributed by atoms with Crippen molar-refractivity contribution in [3.05, 3.63) is 336 Å². The number of hydrogen-bond donors (Lipinski definition) is 0. The minimum absolute atomic E-state index is 0.224. The first-order valence-electron chi connectivity index (χ1n) is 25.9. The third-order valence-electron chi connectivity index (χ3n) is 15.5. The second-order valence-corrected chi connectivity index (χ2v) is 19.6. The van der Waals surface area contributed by atoms with Gasteiger partial charge in [-0.2, -0.15) is 0 Å². The Balaban J connectivity index is 1.02. The fourth-order valence-electron chi connectivity index (χ4n) is 12.0. The topological polar surface area (TPSA) is 21.5 Å². The van der Waals surface area contributed by atoms with Crippen LogP contribution in [0.4, 0.5) is 17.1 Å². The van der Waals surface area contributed by atoms with E-state index in [0.29, 0.717) is 0 Å². The average molecular weight is 957 g/mol. The zero-order valence-electron chi connectivity index (χ0n) is 41.2. The summed E-state index contributed by atoms with van der Waals surface area (Å²) in [5, 5.41) is 9.03. The maximum Gasteiger partial charge on any atom is 0.252 e. The summed E-state index contributed by atoms with van der Waals surface area (Å²) >= 11 is 0. The predicted molar refractivity (Wildman–Crippen MR) is 308 cm³/mol. The molecule has 3 nitrogen and oxygen atoms in total. The van der Waals surface area contributed by atoms with Crippen LogP contribution in [-0.4, -0.2) is 0 Å². The molecule has 1 unspecified atom stereocenters. The molecule has 0 radical (unpaired) electrons. The molecule has 3 heteroatoms. The summed E-state index contributed by atoms with van der Waals surface area (Å²) in [6, 6.07) is 108. The molecule has 1 aromatic heterocycles. The Morgan fingerprint density at radius 1 is 0.347 bits per heavy atom. The SMILES string of the molecule is c1ccc(C2=c3c4cc(N(c5ccc(-c6ccc(-c7ccccc7)cc6)cc5)c5ccc6c(c5)C(c5ccccc5)(c5ccccc5)c5ccccc5-6)ccc4cc(-c4ccccc4)[n+]3=NC2c2ccccc2)cc1. The molecule has 2 heterocycles. The van der Waals surface area contributed by atoms with Gasteiger partial charge in [-0.25, -0.2) is 0 Å². The molecular weight excluding hydrogens is 907 g/mol. The fourth-order valence-corrected chi connectivity index (χ4v) is 12.0. The van der Waals surface area contributed by atoms with Crippen LogP contribution in [0, 0.1) is 0 Å². The van der Waals surface area contributed by atoms with E-state index < -0.39 is 5.41 Å². The van der Waals surface area contributed by atoms with Gasteiger partial charge in [0.1, 0.15) is 0 Å². The van der Waals surface area contributed by atoms with Crippen molar-refractivity contribution >= 4 is 33.4 Å². The van der Waals surface area contributed by atoms with Gasteiger partial charge >= 0.3 is 0 Å². The molecule has 0 saturated carbocycles. The quantitative estimate of drug-likeness (QED) is 0.125. The van der Waals surface area contributed by atoms with Crippen molar-refractivity contribution < 1.29 is 4.36 Å². The van der Waals surface area contributed by atoms with Gasteiger partial charge < -0.3 is 4.90 Å². The lowest BCUT2D eigenvalue weighted by Gasteiger charge is -2.35. The molecule has 12 aromatic rings. The van der Waals surface area contributed by atoms with E-state index in [1.54, 1.807) is 0 Å². The number of hydrogen-bond acceptors (Lipinski definition) is 2. The second-order valence-electron chi connectivity index (χ2n) is 19.6. The molecule has 0 bridgehead atoms. The molecule has 1 aliphatic heterocycles. The summed E-state index contributed by atoms with van der Waals surface area (Å²) in [4.78, 5) is 2.46. The highest BCUT2D eigenvalue weighted by Gasteiger charge is 2.46. The van der Waals surface area contributed by atoms with Crippen molar-refractivity contribution in [3.8, 4) is 44.6 Å². The molecule has 1 atom stereocenters. The van der Waals surface area contributed by atoms with Gasteiger partial charge in [-0.3, -0.25) is 0 Å². The van der Waals surface area contributed by atoms with Crippen LogP contribution in [0.15, 0.2) is 302 Å². The molecule has 0 amide bonds. The van der Waals surface area contributed by atoms with Crippen LogP contribution < -0.4 is 14.6 Å². The number of nitrogens with zero attached hydrogens (tertiary/aromatic N) is 3. The van der Waals surface area contributed by atoms with E-state index in [0.717, 1.165) is 61.1 Å². The fraction of sp³-hybridized carbons (Fsp3) is 0.0278. The minimum atomic E-state index is -0.561. The smallest absolute Gasteiger partial charge is 0.252 e. The van der Waals surface area contributed by atoms with Crippen molar-refractivity contribution in [2.75, 3.05) is 4.90 Å². The number of anilines is 3. The minimum Gasteiger partial charge on any atom is -0.310 e. The van der Waals surface area contributed by atoms with E-state index in [1.807, 2.05) is 0 Å². The Hall–Kier alpha value is -9.70. The lowest BCUT2D eigenvalue weighted by Crippen LogP contribution is -2.38. The molecule has 0 N–H and O–H groups in total. The van der Waals surface area contributed by atoms with E-state index in [2.05, 4.69) is 307 Å². The summed E-state index contributed by atoms with van der Waals surface area (Å²) in [7, 11) is 0. The number of aromatic nitrogens is 1. The molecule has 75 heavy (non-hydrogen) atoms. The molecule has 0 saturated heterocycles. The van der Waals surface area contributed by atoms with Crippen LogP contribution >= 0.6 is 0 Å². The first-order chi connectivity index (χ1) is 37.2. The zero-order valence-corrected chi connectivity index (χ0v) is 41.2. The van der Waals surface area contributed by atoms with Crippen LogP contribution in [-0.2, 0) is 5.41 Å². The molecule has 352 valence electrons. The summed E-state index contributed by atoms with van der Waals surface area (Å²) < 4.78 is 2.23. The van der Waals surface area contributed by atoms with E-state index in [1.165, 1.54) is 55.6 Å². The van der Waals surface area contributed by atoms with Crippen LogP contribution in [0.3, 0.4) is 0 Å². The molecule has 0 spiro atoms. The standard InChI is InChI=1S/C72H50N3/c1-7-21-50(22-8-1)51-35-37-52(38-36-51)53-39-42-60(43-40-53)74(62-45-46-64-63-33-19-20-34-66(63)72(67(64)49-62,58-29-15-5-16-30-58)59-31-17-6-18-32-59)61-44-41-57-47-68(54-23-9-2-10-24-54)75-71(65(57)48-61)69(55-25-11-3-12-26-55)70(73-75)56-27-13-4-14-28-56/h1-49,70H/q+1. The molecule has 2 aliphatic rings. The van der Waals surface area contributed by atoms with Gasteiger partial charge in [0.05, 0.1) is 16.4 Å². The van der Waals surface area contributed by atoms with E-state index in [-0.39, 0.29) is 6.04 Å². The summed E-state index contributed by atoms with van der Waals surface area (Å²) in [6.45, 7) is 0. The largest absolute Gasteiger partial charge is 0.310 e. The number of rotatable bonds is 10. The maximum atomic E-state index is 5.66. The second kappa shape index (κ2) is 18.4. The van der Waals surface area contributed by atoms with Gasteiger partial charge in [-0.15, -0.1) is 0 Å². The van der Waals surface area contributed by atoms with Gasteiger partial charge in [0.15, 0.2) is 6.04 Å². The Morgan fingerprint density at radius 3 is 1.41 bits per heavy atom. The van der Waals surface area contributed by atoms with Gasteiger partial charge in [-0.1, -0.05) is 243 Å². The molecule has 14 rings (SSSR count). The highest BCUT2D eigenvalue weighted by molar-refractivity contribution is 5.95. The average Bonchev–Trinajstić information content (AvgIpc) is 4.16. The summed E-state index contributed by atoms with van der Waals surface area (Å²) in [5.41, 5.74) is 20.5. The van der Waals surface area contributed by atoms with Gasteiger partial charge in [0.2, 0.25) is 5.69 Å². The van der Waals surface area contributed by atoms with Crippen LogP contribution in [0.2, 0.25) is 0 Å². The Morgan fingerprint density at radius 2 is 0.800 bits per heavy atom. The van der Waals surface area contributed by atoms with Gasteiger partial charge in [0.25, 0.3) is 5.35 Å². The molecular formula is C72H50N3+. The first kappa shape index (κ1) is 44.0. The van der Waals surface area contributed by atoms with Crippen LogP contribution in [0.1, 0.15) is 39.4 Å². The predicted octanol–water partition coefficient (Wildman–Crippen LogP) is 16.9. The third kappa shape index (κ3) is 7.43. The Bertz CT molecular complexity index is 4140. The van der Waals surface area contributed by atoms with E-state index in [4.69, 9.17) is 5.11 Å². The zero-order chi connectivity index (χ0) is 49.7. The maximum absolute atomic E-state index is 5.66.